The highest BCUT2D eigenvalue weighted by Gasteiger charge is 2.30. The van der Waals surface area contributed by atoms with Gasteiger partial charge in [0.1, 0.15) is 11.8 Å². The summed E-state index contributed by atoms with van der Waals surface area (Å²) in [4.78, 5) is 29.0. The number of hydrogen-bond acceptors (Lipinski definition) is 4. The molecule has 0 radical (unpaired) electrons. The third-order valence-corrected chi connectivity index (χ3v) is 7.39. The third-order valence-electron chi connectivity index (χ3n) is 6.40. The minimum Gasteiger partial charge on any atom is -0.497 e. The van der Waals surface area contributed by atoms with Crippen molar-refractivity contribution < 1.29 is 14.3 Å². The van der Waals surface area contributed by atoms with Crippen LogP contribution in [0.2, 0.25) is 0 Å². The van der Waals surface area contributed by atoms with Crippen molar-refractivity contribution in [2.45, 2.75) is 58.0 Å². The maximum atomic E-state index is 13.7. The minimum absolute atomic E-state index is 0.0338. The van der Waals surface area contributed by atoms with E-state index >= 15 is 0 Å². The number of thioether (sulfide) groups is 1. The summed E-state index contributed by atoms with van der Waals surface area (Å²) in [5.41, 5.74) is 4.32. The number of nitrogens with zero attached hydrogens (tertiary/aromatic N) is 1. The maximum absolute atomic E-state index is 13.7. The molecule has 0 aliphatic rings. The summed E-state index contributed by atoms with van der Waals surface area (Å²) in [5, 5.41) is 3.12. The Balaban J connectivity index is 1.82. The van der Waals surface area contributed by atoms with Crippen LogP contribution in [0.15, 0.2) is 78.9 Å². The summed E-state index contributed by atoms with van der Waals surface area (Å²) in [6.07, 6.45) is 1.29. The summed E-state index contributed by atoms with van der Waals surface area (Å²) in [5.74, 6) is 1.65. The fourth-order valence-electron chi connectivity index (χ4n) is 3.95. The molecule has 1 N–H and O–H groups in total. The largest absolute Gasteiger partial charge is 0.497 e. The molecule has 2 atom stereocenters. The maximum Gasteiger partial charge on any atom is 0.243 e. The molecule has 0 saturated carbocycles. The van der Waals surface area contributed by atoms with E-state index < -0.39 is 6.04 Å². The number of methoxy groups -OCH3 is 1. The van der Waals surface area contributed by atoms with Crippen molar-refractivity contribution in [3.05, 3.63) is 101 Å². The molecule has 0 bridgehead atoms. The van der Waals surface area contributed by atoms with Crippen molar-refractivity contribution >= 4 is 23.6 Å². The van der Waals surface area contributed by atoms with E-state index in [1.807, 2.05) is 99.6 Å². The van der Waals surface area contributed by atoms with Crippen molar-refractivity contribution in [1.29, 1.82) is 0 Å². The van der Waals surface area contributed by atoms with E-state index in [4.69, 9.17) is 4.74 Å². The van der Waals surface area contributed by atoms with Gasteiger partial charge in [-0.05, 0) is 49.1 Å². The van der Waals surface area contributed by atoms with Crippen LogP contribution in [0.25, 0.3) is 0 Å². The van der Waals surface area contributed by atoms with Crippen LogP contribution in [0.4, 0.5) is 0 Å². The van der Waals surface area contributed by atoms with Gasteiger partial charge in [-0.3, -0.25) is 9.59 Å². The monoisotopic (exact) mass is 518 g/mol. The lowest BCUT2D eigenvalue weighted by molar-refractivity contribution is -0.139. The zero-order valence-corrected chi connectivity index (χ0v) is 23.1. The van der Waals surface area contributed by atoms with Crippen LogP contribution in [0.3, 0.4) is 0 Å². The number of hydrogen-bond donors (Lipinski definition) is 1. The van der Waals surface area contributed by atoms with E-state index in [1.54, 1.807) is 23.8 Å². The summed E-state index contributed by atoms with van der Waals surface area (Å²) in [7, 11) is 1.65. The minimum atomic E-state index is -0.605. The first kappa shape index (κ1) is 28.3. The van der Waals surface area contributed by atoms with Crippen molar-refractivity contribution in [2.75, 3.05) is 12.9 Å². The Bertz CT molecular complexity index is 1120. The van der Waals surface area contributed by atoms with E-state index in [9.17, 15) is 9.59 Å². The molecule has 0 spiro atoms. The standard InChI is InChI=1S/C31H38N2O3S/c1-5-24(3)32-31(35)29(19-25-9-7-6-8-10-25)33(20-26-13-11-23(2)12-14-26)30(34)22-37-21-27-15-17-28(36-4)18-16-27/h6-18,24,29H,5,19-22H2,1-4H3,(H,32,35)/t24-,29+/m1/s1. The predicted octanol–water partition coefficient (Wildman–Crippen LogP) is 5.79. The van der Waals surface area contributed by atoms with E-state index in [-0.39, 0.29) is 17.9 Å². The molecule has 0 aliphatic heterocycles. The number of benzene rings is 3. The molecule has 3 aromatic carbocycles. The Morgan fingerprint density at radius 3 is 2.19 bits per heavy atom. The second-order valence-corrected chi connectivity index (χ2v) is 10.4. The van der Waals surface area contributed by atoms with Crippen molar-refractivity contribution in [3.63, 3.8) is 0 Å². The first-order valence-corrected chi connectivity index (χ1v) is 13.9. The van der Waals surface area contributed by atoms with E-state index in [0.29, 0.717) is 24.5 Å². The van der Waals surface area contributed by atoms with Crippen LogP contribution in [0.1, 0.15) is 42.5 Å². The lowest BCUT2D eigenvalue weighted by atomic mass is 10.0. The Labute approximate surface area is 225 Å². The lowest BCUT2D eigenvalue weighted by Gasteiger charge is -2.32. The van der Waals surface area contributed by atoms with Gasteiger partial charge in [0.05, 0.1) is 12.9 Å². The number of aryl methyl sites for hydroxylation is 1. The zero-order chi connectivity index (χ0) is 26.6. The molecule has 0 aliphatic carbocycles. The highest BCUT2D eigenvalue weighted by molar-refractivity contribution is 7.99. The van der Waals surface area contributed by atoms with Gasteiger partial charge < -0.3 is 15.0 Å². The zero-order valence-electron chi connectivity index (χ0n) is 22.3. The Kier molecular flexibility index (Phi) is 11.1. The van der Waals surface area contributed by atoms with Gasteiger partial charge in [0.25, 0.3) is 0 Å². The van der Waals surface area contributed by atoms with Gasteiger partial charge in [-0.15, -0.1) is 11.8 Å². The normalized spacial score (nSPS) is 12.4. The number of nitrogens with one attached hydrogen (secondary N) is 1. The molecule has 196 valence electrons. The van der Waals surface area contributed by atoms with Gasteiger partial charge in [0.2, 0.25) is 11.8 Å². The molecule has 3 aromatic rings. The number of rotatable bonds is 13. The fraction of sp³-hybridized carbons (Fsp3) is 0.355. The molecule has 3 rings (SSSR count). The molecule has 0 fully saturated rings. The van der Waals surface area contributed by atoms with Crippen molar-refractivity contribution in [2.24, 2.45) is 0 Å². The van der Waals surface area contributed by atoms with Crippen LogP contribution in [-0.4, -0.2) is 41.7 Å². The van der Waals surface area contributed by atoms with Gasteiger partial charge in [0, 0.05) is 24.8 Å². The molecular weight excluding hydrogens is 480 g/mol. The van der Waals surface area contributed by atoms with Gasteiger partial charge in [-0.25, -0.2) is 0 Å². The third kappa shape index (κ3) is 8.97. The van der Waals surface area contributed by atoms with Crippen LogP contribution in [0, 0.1) is 6.92 Å². The highest BCUT2D eigenvalue weighted by Crippen LogP contribution is 2.20. The van der Waals surface area contributed by atoms with Crippen LogP contribution >= 0.6 is 11.8 Å². The Morgan fingerprint density at radius 1 is 0.919 bits per heavy atom. The second kappa shape index (κ2) is 14.5. The smallest absolute Gasteiger partial charge is 0.243 e. The number of carbonyl (C=O) groups is 2. The van der Waals surface area contributed by atoms with Gasteiger partial charge in [-0.2, -0.15) is 0 Å². The molecule has 0 unspecified atom stereocenters. The Hall–Kier alpha value is -3.25. The number of amides is 2. The molecule has 5 nitrogen and oxygen atoms in total. The van der Waals surface area contributed by atoms with Crippen LogP contribution in [-0.2, 0) is 28.3 Å². The summed E-state index contributed by atoms with van der Waals surface area (Å²) in [6, 6.07) is 25.4. The predicted molar refractivity (Wildman–Crippen MR) is 153 cm³/mol. The summed E-state index contributed by atoms with van der Waals surface area (Å²) < 4.78 is 5.23. The van der Waals surface area contributed by atoms with Gasteiger partial charge in [0.15, 0.2) is 0 Å². The first-order chi connectivity index (χ1) is 17.9. The molecule has 0 saturated heterocycles. The molecule has 2 amide bonds. The Morgan fingerprint density at radius 2 is 1.57 bits per heavy atom. The summed E-state index contributed by atoms with van der Waals surface area (Å²) in [6.45, 7) is 6.46. The quantitative estimate of drug-likeness (QED) is 0.311. The van der Waals surface area contributed by atoms with Gasteiger partial charge in [-0.1, -0.05) is 79.2 Å². The molecule has 6 heteroatoms. The highest BCUT2D eigenvalue weighted by atomic mass is 32.2. The first-order valence-electron chi connectivity index (χ1n) is 12.8. The van der Waals surface area contributed by atoms with Crippen LogP contribution in [0.5, 0.6) is 5.75 Å². The topological polar surface area (TPSA) is 58.6 Å². The SMILES string of the molecule is CC[C@@H](C)NC(=O)[C@H](Cc1ccccc1)N(Cc1ccc(C)cc1)C(=O)CSCc1ccc(OC)cc1. The number of ether oxygens (including phenoxy) is 1. The van der Waals surface area contributed by atoms with E-state index in [2.05, 4.69) is 5.32 Å². The average Bonchev–Trinajstić information content (AvgIpc) is 2.92. The van der Waals surface area contributed by atoms with E-state index in [1.165, 1.54) is 0 Å². The summed E-state index contributed by atoms with van der Waals surface area (Å²) >= 11 is 1.56. The fourth-order valence-corrected chi connectivity index (χ4v) is 4.82. The van der Waals surface area contributed by atoms with Gasteiger partial charge >= 0.3 is 0 Å². The van der Waals surface area contributed by atoms with E-state index in [0.717, 1.165) is 34.4 Å². The van der Waals surface area contributed by atoms with Crippen LogP contribution < -0.4 is 10.1 Å². The molecule has 0 aromatic heterocycles. The average molecular weight is 519 g/mol. The molecule has 0 heterocycles. The second-order valence-electron chi connectivity index (χ2n) is 9.37. The van der Waals surface area contributed by atoms with Crippen molar-refractivity contribution in [1.82, 2.24) is 10.2 Å². The number of carbonyl (C=O) groups excluding carboxylic acids is 2. The molecule has 37 heavy (non-hydrogen) atoms. The lowest BCUT2D eigenvalue weighted by Crippen LogP contribution is -2.52. The molecular formula is C31H38N2O3S. The van der Waals surface area contributed by atoms with Crippen molar-refractivity contribution in [3.8, 4) is 5.75 Å².